The number of hydrogen-bond donors (Lipinski definition) is 1. The van der Waals surface area contributed by atoms with Crippen molar-refractivity contribution in [2.45, 2.75) is 13.1 Å². The molecule has 0 fully saturated rings. The molecule has 1 aromatic heterocycles. The summed E-state index contributed by atoms with van der Waals surface area (Å²) >= 11 is 7.14. The van der Waals surface area contributed by atoms with Gasteiger partial charge in [-0.1, -0.05) is 22.0 Å². The van der Waals surface area contributed by atoms with E-state index in [0.717, 1.165) is 34.4 Å². The van der Waals surface area contributed by atoms with Crippen LogP contribution in [0, 0.1) is 0 Å². The fourth-order valence-electron chi connectivity index (χ4n) is 2.27. The van der Waals surface area contributed by atoms with E-state index < -0.39 is 0 Å². The molecule has 1 aliphatic heterocycles. The second kappa shape index (κ2) is 5.61. The van der Waals surface area contributed by atoms with Gasteiger partial charge in [0.1, 0.15) is 0 Å². The van der Waals surface area contributed by atoms with Gasteiger partial charge < -0.3 is 5.32 Å². The summed E-state index contributed by atoms with van der Waals surface area (Å²) in [6.45, 7) is 2.62. The van der Waals surface area contributed by atoms with E-state index in [9.17, 15) is 0 Å². The largest absolute Gasteiger partial charge is 0.371 e. The first-order valence-corrected chi connectivity index (χ1v) is 7.65. The molecule has 1 N–H and O–H groups in total. The number of aromatic nitrogens is 1. The van der Waals surface area contributed by atoms with Gasteiger partial charge in [0.05, 0.1) is 18.1 Å². The fraction of sp³-hybridized carbons (Fsp3) is 0.214. The summed E-state index contributed by atoms with van der Waals surface area (Å²) in [5.74, 6) is 0. The average Bonchev–Trinajstić information content (AvgIpc) is 2.39. The molecule has 1 aliphatic rings. The molecule has 98 valence electrons. The number of fused-ring (bicyclic) bond motifs is 1. The van der Waals surface area contributed by atoms with E-state index in [1.54, 1.807) is 0 Å². The Hall–Kier alpha value is -0.910. The summed E-state index contributed by atoms with van der Waals surface area (Å²) in [5.41, 5.74) is 3.59. The molecule has 2 aromatic rings. The molecular weight excluding hydrogens is 370 g/mol. The minimum Gasteiger partial charge on any atom is -0.371 e. The molecule has 2 heterocycles. The summed E-state index contributed by atoms with van der Waals surface area (Å²) < 4.78 is 2.20. The van der Waals surface area contributed by atoms with Crippen molar-refractivity contribution in [3.05, 3.63) is 56.7 Å². The molecule has 0 aliphatic carbocycles. The van der Waals surface area contributed by atoms with E-state index in [2.05, 4.69) is 65.3 Å². The Morgan fingerprint density at radius 1 is 1.26 bits per heavy atom. The summed E-state index contributed by atoms with van der Waals surface area (Å²) in [6.07, 6.45) is 1.84. The number of pyridine rings is 1. The van der Waals surface area contributed by atoms with Gasteiger partial charge in [0, 0.05) is 28.2 Å². The maximum Gasteiger partial charge on any atom is 0.0685 e. The van der Waals surface area contributed by atoms with Gasteiger partial charge in [0.2, 0.25) is 0 Å². The zero-order valence-electron chi connectivity index (χ0n) is 10.2. The molecule has 0 bridgehead atoms. The van der Waals surface area contributed by atoms with Gasteiger partial charge in [-0.2, -0.15) is 0 Å². The van der Waals surface area contributed by atoms with Crippen molar-refractivity contribution in [3.63, 3.8) is 0 Å². The lowest BCUT2D eigenvalue weighted by molar-refractivity contribution is 0.264. The molecule has 0 spiro atoms. The van der Waals surface area contributed by atoms with Gasteiger partial charge in [-0.15, -0.1) is 0 Å². The van der Waals surface area contributed by atoms with Crippen LogP contribution < -0.4 is 5.32 Å². The Kier molecular flexibility index (Phi) is 3.86. The van der Waals surface area contributed by atoms with Crippen LogP contribution in [0.3, 0.4) is 0 Å². The number of anilines is 1. The highest BCUT2D eigenvalue weighted by atomic mass is 79.9. The van der Waals surface area contributed by atoms with Gasteiger partial charge in [-0.3, -0.25) is 9.88 Å². The van der Waals surface area contributed by atoms with E-state index in [-0.39, 0.29) is 0 Å². The predicted octanol–water partition coefficient (Wildman–Crippen LogP) is 3.99. The Balaban J connectivity index is 1.79. The zero-order chi connectivity index (χ0) is 13.2. The molecule has 0 amide bonds. The molecule has 0 saturated heterocycles. The molecular formula is C14H13Br2N3. The van der Waals surface area contributed by atoms with Crippen molar-refractivity contribution in [2.75, 3.05) is 12.0 Å². The summed E-state index contributed by atoms with van der Waals surface area (Å²) in [4.78, 5) is 6.71. The zero-order valence-corrected chi connectivity index (χ0v) is 13.4. The number of benzene rings is 1. The highest BCUT2D eigenvalue weighted by Gasteiger charge is 2.18. The van der Waals surface area contributed by atoms with E-state index in [1.807, 2.05) is 18.3 Å². The summed E-state index contributed by atoms with van der Waals surface area (Å²) in [6, 6.07) is 10.3. The van der Waals surface area contributed by atoms with Crippen molar-refractivity contribution in [1.29, 1.82) is 0 Å². The van der Waals surface area contributed by atoms with Crippen molar-refractivity contribution >= 4 is 37.5 Å². The first-order chi connectivity index (χ1) is 9.22. The molecule has 3 nitrogen and oxygen atoms in total. The first-order valence-electron chi connectivity index (χ1n) is 6.06. The van der Waals surface area contributed by atoms with Crippen molar-refractivity contribution in [1.82, 2.24) is 9.88 Å². The predicted molar refractivity (Wildman–Crippen MR) is 83.8 cm³/mol. The summed E-state index contributed by atoms with van der Waals surface area (Å²) in [5, 5.41) is 3.46. The van der Waals surface area contributed by atoms with Crippen LogP contribution in [-0.2, 0) is 13.1 Å². The van der Waals surface area contributed by atoms with Crippen LogP contribution in [0.4, 0.5) is 5.69 Å². The molecule has 19 heavy (non-hydrogen) atoms. The van der Waals surface area contributed by atoms with Gasteiger partial charge in [0.15, 0.2) is 0 Å². The third-order valence-corrected chi connectivity index (χ3v) is 4.21. The third-order valence-electron chi connectivity index (χ3n) is 3.12. The monoisotopic (exact) mass is 381 g/mol. The standard InChI is InChI=1S/C14H13Br2N3/c15-11-5-10-7-19(8-12-3-1-2-4-17-12)9-18-14(10)13(16)6-11/h1-6,18H,7-9H2. The van der Waals surface area contributed by atoms with Crippen molar-refractivity contribution < 1.29 is 0 Å². The molecule has 1 aromatic carbocycles. The van der Waals surface area contributed by atoms with Gasteiger partial charge in [0.25, 0.3) is 0 Å². The number of halogens is 2. The molecule has 5 heteroatoms. The van der Waals surface area contributed by atoms with Crippen LogP contribution in [0.25, 0.3) is 0 Å². The fourth-order valence-corrected chi connectivity index (χ4v) is 3.72. The van der Waals surface area contributed by atoms with E-state index in [1.165, 1.54) is 11.3 Å². The van der Waals surface area contributed by atoms with E-state index in [0.29, 0.717) is 0 Å². The SMILES string of the molecule is Brc1cc(Br)c2c(c1)CN(Cc1ccccn1)CN2. The average molecular weight is 383 g/mol. The van der Waals surface area contributed by atoms with Crippen LogP contribution in [-0.4, -0.2) is 16.6 Å². The highest BCUT2D eigenvalue weighted by molar-refractivity contribution is 9.11. The molecule has 3 rings (SSSR count). The molecule has 0 saturated carbocycles. The third kappa shape index (κ3) is 2.99. The number of nitrogens with zero attached hydrogens (tertiary/aromatic N) is 2. The van der Waals surface area contributed by atoms with Crippen molar-refractivity contribution in [2.24, 2.45) is 0 Å². The number of rotatable bonds is 2. The van der Waals surface area contributed by atoms with Crippen LogP contribution >= 0.6 is 31.9 Å². The van der Waals surface area contributed by atoms with E-state index in [4.69, 9.17) is 0 Å². The topological polar surface area (TPSA) is 28.2 Å². The minimum atomic E-state index is 0.837. The Morgan fingerprint density at radius 2 is 2.16 bits per heavy atom. The quantitative estimate of drug-likeness (QED) is 0.850. The minimum absolute atomic E-state index is 0.837. The Bertz CT molecular complexity index is 587. The van der Waals surface area contributed by atoms with Crippen LogP contribution in [0.1, 0.15) is 11.3 Å². The number of nitrogens with one attached hydrogen (secondary N) is 1. The van der Waals surface area contributed by atoms with E-state index >= 15 is 0 Å². The molecule has 0 unspecified atom stereocenters. The first kappa shape index (κ1) is 13.1. The van der Waals surface area contributed by atoms with Crippen LogP contribution in [0.2, 0.25) is 0 Å². The smallest absolute Gasteiger partial charge is 0.0685 e. The Labute approximate surface area is 129 Å². The van der Waals surface area contributed by atoms with Gasteiger partial charge in [-0.05, 0) is 45.8 Å². The van der Waals surface area contributed by atoms with Crippen LogP contribution in [0.5, 0.6) is 0 Å². The Morgan fingerprint density at radius 3 is 2.95 bits per heavy atom. The second-order valence-electron chi connectivity index (χ2n) is 4.56. The van der Waals surface area contributed by atoms with Crippen molar-refractivity contribution in [3.8, 4) is 0 Å². The normalized spacial score (nSPS) is 14.8. The lowest BCUT2D eigenvalue weighted by Gasteiger charge is -2.30. The summed E-state index contributed by atoms with van der Waals surface area (Å²) in [7, 11) is 0. The van der Waals surface area contributed by atoms with Gasteiger partial charge in [-0.25, -0.2) is 0 Å². The second-order valence-corrected chi connectivity index (χ2v) is 6.33. The lowest BCUT2D eigenvalue weighted by Crippen LogP contribution is -2.33. The maximum atomic E-state index is 4.38. The molecule has 0 atom stereocenters. The van der Waals surface area contributed by atoms with Crippen LogP contribution in [0.15, 0.2) is 45.5 Å². The number of hydrogen-bond acceptors (Lipinski definition) is 3. The lowest BCUT2D eigenvalue weighted by atomic mass is 10.1. The molecule has 0 radical (unpaired) electrons. The van der Waals surface area contributed by atoms with Gasteiger partial charge >= 0.3 is 0 Å². The highest BCUT2D eigenvalue weighted by Crippen LogP contribution is 2.33. The maximum absolute atomic E-state index is 4.38.